The SMILES string of the molecule is CC[C@H](N=[N+]=[N-])C(=O)OC(C)(C)C. The van der Waals surface area contributed by atoms with Crippen LogP contribution in [0.4, 0.5) is 0 Å². The van der Waals surface area contributed by atoms with Gasteiger partial charge in [-0.2, -0.15) is 0 Å². The van der Waals surface area contributed by atoms with E-state index in [9.17, 15) is 4.79 Å². The van der Waals surface area contributed by atoms with E-state index in [4.69, 9.17) is 10.3 Å². The lowest BCUT2D eigenvalue weighted by Crippen LogP contribution is -2.30. The lowest BCUT2D eigenvalue weighted by molar-refractivity contribution is -0.156. The van der Waals surface area contributed by atoms with Crippen molar-refractivity contribution in [1.82, 2.24) is 0 Å². The smallest absolute Gasteiger partial charge is 0.315 e. The van der Waals surface area contributed by atoms with Crippen molar-refractivity contribution >= 4 is 5.97 Å². The van der Waals surface area contributed by atoms with Crippen molar-refractivity contribution < 1.29 is 9.53 Å². The molecule has 0 aliphatic carbocycles. The van der Waals surface area contributed by atoms with Crippen LogP contribution < -0.4 is 0 Å². The summed E-state index contributed by atoms with van der Waals surface area (Å²) in [6, 6.07) is -0.704. The Morgan fingerprint density at radius 3 is 2.46 bits per heavy atom. The van der Waals surface area contributed by atoms with Gasteiger partial charge in [0.15, 0.2) is 0 Å². The zero-order chi connectivity index (χ0) is 10.5. The number of hydrogen-bond acceptors (Lipinski definition) is 3. The molecule has 0 aliphatic heterocycles. The Morgan fingerprint density at radius 1 is 1.62 bits per heavy atom. The number of ether oxygens (including phenoxy) is 1. The molecule has 0 spiro atoms. The molecular weight excluding hydrogens is 170 g/mol. The molecular formula is C8H15N3O2. The average Bonchev–Trinajstić information content (AvgIpc) is 1.96. The molecule has 5 heteroatoms. The lowest BCUT2D eigenvalue weighted by Gasteiger charge is -2.21. The van der Waals surface area contributed by atoms with Crippen LogP contribution in [0.15, 0.2) is 5.11 Å². The molecule has 0 N–H and O–H groups in total. The molecule has 0 fully saturated rings. The Balaban J connectivity index is 4.31. The Kier molecular flexibility index (Phi) is 4.28. The highest BCUT2D eigenvalue weighted by atomic mass is 16.6. The van der Waals surface area contributed by atoms with Gasteiger partial charge in [0, 0.05) is 4.91 Å². The van der Waals surface area contributed by atoms with Gasteiger partial charge in [0.1, 0.15) is 11.6 Å². The zero-order valence-corrected chi connectivity index (χ0v) is 8.44. The predicted octanol–water partition coefficient (Wildman–Crippen LogP) is 2.42. The third-order valence-electron chi connectivity index (χ3n) is 1.26. The van der Waals surface area contributed by atoms with Crippen molar-refractivity contribution in [2.45, 2.75) is 45.8 Å². The summed E-state index contributed by atoms with van der Waals surface area (Å²) in [5.41, 5.74) is 7.63. The minimum Gasteiger partial charge on any atom is -0.460 e. The lowest BCUT2D eigenvalue weighted by atomic mass is 10.2. The average molecular weight is 185 g/mol. The molecule has 0 amide bonds. The Bertz CT molecular complexity index is 226. The van der Waals surface area contributed by atoms with Gasteiger partial charge in [-0.3, -0.25) is 4.79 Å². The fraction of sp³-hybridized carbons (Fsp3) is 0.875. The van der Waals surface area contributed by atoms with Crippen molar-refractivity contribution in [2.75, 3.05) is 0 Å². The van der Waals surface area contributed by atoms with Crippen LogP contribution >= 0.6 is 0 Å². The summed E-state index contributed by atoms with van der Waals surface area (Å²) in [4.78, 5) is 13.9. The molecule has 1 atom stereocenters. The van der Waals surface area contributed by atoms with Gasteiger partial charge < -0.3 is 4.74 Å². The fourth-order valence-corrected chi connectivity index (χ4v) is 0.728. The minimum absolute atomic E-state index is 0.457. The van der Waals surface area contributed by atoms with E-state index in [1.165, 1.54) is 0 Å². The molecule has 0 aliphatic rings. The van der Waals surface area contributed by atoms with Crippen LogP contribution in [0.2, 0.25) is 0 Å². The fourth-order valence-electron chi connectivity index (χ4n) is 0.728. The van der Waals surface area contributed by atoms with Crippen molar-refractivity contribution in [1.29, 1.82) is 0 Å². The summed E-state index contributed by atoms with van der Waals surface area (Å²) >= 11 is 0. The van der Waals surface area contributed by atoms with E-state index in [-0.39, 0.29) is 0 Å². The van der Waals surface area contributed by atoms with E-state index in [0.717, 1.165) is 0 Å². The summed E-state index contributed by atoms with van der Waals surface area (Å²) in [5.74, 6) is -0.465. The second-order valence-electron chi connectivity index (χ2n) is 3.66. The van der Waals surface area contributed by atoms with Gasteiger partial charge in [0.25, 0.3) is 0 Å². The van der Waals surface area contributed by atoms with Crippen molar-refractivity contribution in [2.24, 2.45) is 5.11 Å². The van der Waals surface area contributed by atoms with Gasteiger partial charge in [-0.1, -0.05) is 12.0 Å². The Labute approximate surface area is 77.7 Å². The van der Waals surface area contributed by atoms with Crippen molar-refractivity contribution in [3.8, 4) is 0 Å². The number of carbonyl (C=O) groups is 1. The number of rotatable bonds is 3. The summed E-state index contributed by atoms with van der Waals surface area (Å²) < 4.78 is 5.04. The maximum absolute atomic E-state index is 11.3. The minimum atomic E-state index is -0.704. The predicted molar refractivity (Wildman–Crippen MR) is 49.1 cm³/mol. The summed E-state index contributed by atoms with van der Waals surface area (Å²) in [6.45, 7) is 7.08. The van der Waals surface area contributed by atoms with Crippen LogP contribution in [0.25, 0.3) is 10.4 Å². The van der Waals surface area contributed by atoms with E-state index >= 15 is 0 Å². The van der Waals surface area contributed by atoms with Crippen LogP contribution in [-0.4, -0.2) is 17.6 Å². The first-order chi connectivity index (χ1) is 5.90. The van der Waals surface area contributed by atoms with Crippen LogP contribution in [-0.2, 0) is 9.53 Å². The van der Waals surface area contributed by atoms with Crippen molar-refractivity contribution in [3.05, 3.63) is 10.4 Å². The molecule has 74 valence electrons. The van der Waals surface area contributed by atoms with E-state index in [1.807, 2.05) is 0 Å². The first kappa shape index (κ1) is 11.8. The van der Waals surface area contributed by atoms with Gasteiger partial charge in [-0.05, 0) is 32.7 Å². The third kappa shape index (κ3) is 5.09. The molecule has 0 heterocycles. The number of esters is 1. The number of azide groups is 1. The molecule has 13 heavy (non-hydrogen) atoms. The Morgan fingerprint density at radius 2 is 2.15 bits per heavy atom. The van der Waals surface area contributed by atoms with Gasteiger partial charge >= 0.3 is 5.97 Å². The van der Waals surface area contributed by atoms with E-state index in [0.29, 0.717) is 6.42 Å². The molecule has 0 rings (SSSR count). The zero-order valence-electron chi connectivity index (χ0n) is 8.44. The van der Waals surface area contributed by atoms with Gasteiger partial charge in [-0.15, -0.1) is 0 Å². The van der Waals surface area contributed by atoms with E-state index in [2.05, 4.69) is 10.0 Å². The molecule has 5 nitrogen and oxygen atoms in total. The topological polar surface area (TPSA) is 75.1 Å². The number of carbonyl (C=O) groups excluding carboxylic acids is 1. The molecule has 0 saturated heterocycles. The summed E-state index contributed by atoms with van der Waals surface area (Å²) in [6.07, 6.45) is 0.457. The highest BCUT2D eigenvalue weighted by Gasteiger charge is 2.22. The van der Waals surface area contributed by atoms with Crippen LogP contribution in [0, 0.1) is 0 Å². The number of hydrogen-bond donors (Lipinski definition) is 0. The van der Waals surface area contributed by atoms with Gasteiger partial charge in [-0.25, -0.2) is 0 Å². The highest BCUT2D eigenvalue weighted by molar-refractivity contribution is 5.76. The largest absolute Gasteiger partial charge is 0.460 e. The molecule has 0 saturated carbocycles. The first-order valence-corrected chi connectivity index (χ1v) is 4.17. The van der Waals surface area contributed by atoms with Gasteiger partial charge in [0.2, 0.25) is 0 Å². The van der Waals surface area contributed by atoms with Gasteiger partial charge in [0.05, 0.1) is 0 Å². The van der Waals surface area contributed by atoms with E-state index < -0.39 is 17.6 Å². The highest BCUT2D eigenvalue weighted by Crippen LogP contribution is 2.11. The second kappa shape index (κ2) is 4.72. The normalized spacial score (nSPS) is 12.9. The third-order valence-corrected chi connectivity index (χ3v) is 1.26. The van der Waals surface area contributed by atoms with Crippen LogP contribution in [0.3, 0.4) is 0 Å². The summed E-state index contributed by atoms with van der Waals surface area (Å²) in [5, 5.41) is 3.33. The second-order valence-corrected chi connectivity index (χ2v) is 3.66. The monoisotopic (exact) mass is 185 g/mol. The Hall–Kier alpha value is -1.22. The summed E-state index contributed by atoms with van der Waals surface area (Å²) in [7, 11) is 0. The van der Waals surface area contributed by atoms with E-state index in [1.54, 1.807) is 27.7 Å². The quantitative estimate of drug-likeness (QED) is 0.293. The molecule has 0 aromatic rings. The molecule has 0 radical (unpaired) electrons. The molecule has 0 aromatic carbocycles. The van der Waals surface area contributed by atoms with Crippen LogP contribution in [0.1, 0.15) is 34.1 Å². The van der Waals surface area contributed by atoms with Crippen LogP contribution in [0.5, 0.6) is 0 Å². The molecule has 0 unspecified atom stereocenters. The maximum Gasteiger partial charge on any atom is 0.315 e. The standard InChI is InChI=1S/C8H15N3O2/c1-5-6(10-11-9)7(12)13-8(2,3)4/h6H,5H2,1-4H3/t6-/m0/s1. The molecule has 0 bridgehead atoms. The van der Waals surface area contributed by atoms with Crippen molar-refractivity contribution in [3.63, 3.8) is 0 Å². The maximum atomic E-state index is 11.3. The first-order valence-electron chi connectivity index (χ1n) is 4.17. The molecule has 0 aromatic heterocycles. The number of nitrogens with zero attached hydrogens (tertiary/aromatic N) is 3.